The monoisotopic (exact) mass is 249 g/mol. The molecule has 18 heavy (non-hydrogen) atoms. The molecular weight excluding hydrogens is 230 g/mol. The normalized spacial score (nSPS) is 11.3. The molecular formula is C12H19N5O. The zero-order chi connectivity index (χ0) is 13.1. The van der Waals surface area contributed by atoms with E-state index in [2.05, 4.69) is 5.10 Å². The minimum absolute atomic E-state index is 0.0463. The van der Waals surface area contributed by atoms with Crippen LogP contribution in [-0.4, -0.2) is 18.9 Å². The smallest absolute Gasteiger partial charge is 0.328 e. The molecule has 2 aromatic rings. The highest BCUT2D eigenvalue weighted by Gasteiger charge is 2.05. The fourth-order valence-corrected chi connectivity index (χ4v) is 1.90. The van der Waals surface area contributed by atoms with Crippen LogP contribution in [-0.2, 0) is 13.1 Å². The largest absolute Gasteiger partial charge is 0.382 e. The van der Waals surface area contributed by atoms with Crippen LogP contribution in [0.2, 0.25) is 0 Å². The third-order valence-corrected chi connectivity index (χ3v) is 2.88. The van der Waals surface area contributed by atoms with Gasteiger partial charge in [0.2, 0.25) is 0 Å². The molecule has 0 radical (unpaired) electrons. The second-order valence-electron chi connectivity index (χ2n) is 4.63. The predicted molar refractivity (Wildman–Crippen MR) is 70.3 cm³/mol. The van der Waals surface area contributed by atoms with Crippen LogP contribution in [0.5, 0.6) is 0 Å². The molecule has 0 saturated carbocycles. The second-order valence-corrected chi connectivity index (χ2v) is 4.63. The number of rotatable bonds is 5. The Morgan fingerprint density at radius 1 is 1.28 bits per heavy atom. The van der Waals surface area contributed by atoms with Gasteiger partial charge in [0.05, 0.1) is 0 Å². The van der Waals surface area contributed by atoms with Gasteiger partial charge < -0.3 is 5.73 Å². The average Bonchev–Trinajstić information content (AvgIpc) is 2.87. The van der Waals surface area contributed by atoms with Gasteiger partial charge in [0.1, 0.15) is 5.82 Å². The first-order valence-electron chi connectivity index (χ1n) is 6.14. The van der Waals surface area contributed by atoms with E-state index in [-0.39, 0.29) is 11.7 Å². The van der Waals surface area contributed by atoms with Gasteiger partial charge in [-0.15, -0.1) is 0 Å². The summed E-state index contributed by atoms with van der Waals surface area (Å²) in [5.74, 6) is 0.526. The highest BCUT2D eigenvalue weighted by molar-refractivity contribution is 5.23. The quantitative estimate of drug-likeness (QED) is 0.862. The van der Waals surface area contributed by atoms with Crippen LogP contribution in [0.3, 0.4) is 0 Å². The summed E-state index contributed by atoms with van der Waals surface area (Å²) in [5.41, 5.74) is 5.58. The van der Waals surface area contributed by atoms with E-state index in [4.69, 9.17) is 5.73 Å². The summed E-state index contributed by atoms with van der Waals surface area (Å²) < 4.78 is 5.25. The maximum atomic E-state index is 11.9. The molecule has 0 aliphatic carbocycles. The van der Waals surface area contributed by atoms with Crippen molar-refractivity contribution in [3.8, 4) is 0 Å². The first kappa shape index (κ1) is 12.5. The Morgan fingerprint density at radius 3 is 2.61 bits per heavy atom. The van der Waals surface area contributed by atoms with Gasteiger partial charge in [0, 0.05) is 37.7 Å². The average molecular weight is 249 g/mol. The third kappa shape index (κ3) is 2.64. The van der Waals surface area contributed by atoms with Gasteiger partial charge in [0.15, 0.2) is 0 Å². The zero-order valence-electron chi connectivity index (χ0n) is 10.8. The van der Waals surface area contributed by atoms with Crippen molar-refractivity contribution in [2.24, 2.45) is 0 Å². The molecule has 0 saturated heterocycles. The molecule has 0 unspecified atom stereocenters. The minimum Gasteiger partial charge on any atom is -0.382 e. The van der Waals surface area contributed by atoms with E-state index in [0.717, 1.165) is 13.0 Å². The molecule has 2 heterocycles. The van der Waals surface area contributed by atoms with E-state index < -0.39 is 0 Å². The van der Waals surface area contributed by atoms with Gasteiger partial charge in [-0.2, -0.15) is 5.10 Å². The summed E-state index contributed by atoms with van der Waals surface area (Å²) in [5, 5.41) is 4.10. The van der Waals surface area contributed by atoms with E-state index >= 15 is 0 Å². The van der Waals surface area contributed by atoms with Crippen LogP contribution < -0.4 is 11.4 Å². The van der Waals surface area contributed by atoms with Gasteiger partial charge >= 0.3 is 5.69 Å². The molecule has 0 spiro atoms. The van der Waals surface area contributed by atoms with Gasteiger partial charge in [-0.1, -0.05) is 0 Å². The maximum Gasteiger partial charge on any atom is 0.328 e. The van der Waals surface area contributed by atoms with Gasteiger partial charge in [-0.05, 0) is 26.3 Å². The van der Waals surface area contributed by atoms with Crippen molar-refractivity contribution >= 4 is 5.82 Å². The molecule has 2 aromatic heterocycles. The molecule has 2 rings (SSSR count). The number of hydrogen-bond donors (Lipinski definition) is 1. The molecule has 0 atom stereocenters. The van der Waals surface area contributed by atoms with Crippen molar-refractivity contribution < 1.29 is 0 Å². The lowest BCUT2D eigenvalue weighted by atomic mass is 10.4. The first-order valence-corrected chi connectivity index (χ1v) is 6.14. The van der Waals surface area contributed by atoms with E-state index in [0.29, 0.717) is 12.4 Å². The number of nitrogen functional groups attached to an aromatic ring is 1. The SMILES string of the molecule is CC(C)n1ccn(CCCn2ccc(N)n2)c1=O. The number of anilines is 1. The van der Waals surface area contributed by atoms with Crippen molar-refractivity contribution in [3.05, 3.63) is 35.1 Å². The Morgan fingerprint density at radius 2 is 2.06 bits per heavy atom. The standard InChI is InChI=1S/C12H19N5O/c1-10(2)17-9-8-15(12(17)18)5-3-6-16-7-4-11(13)14-16/h4,7-10H,3,5-6H2,1-2H3,(H2,13,14). The summed E-state index contributed by atoms with van der Waals surface area (Å²) in [6, 6.07) is 1.96. The third-order valence-electron chi connectivity index (χ3n) is 2.88. The molecule has 0 amide bonds. The summed E-state index contributed by atoms with van der Waals surface area (Å²) in [4.78, 5) is 11.9. The van der Waals surface area contributed by atoms with Gasteiger partial charge in [-0.25, -0.2) is 4.79 Å². The summed E-state index contributed by atoms with van der Waals surface area (Å²) >= 11 is 0. The predicted octanol–water partition coefficient (Wildman–Crippen LogP) is 1.10. The summed E-state index contributed by atoms with van der Waals surface area (Å²) in [7, 11) is 0. The molecule has 0 aliphatic heterocycles. The van der Waals surface area contributed by atoms with Gasteiger partial charge in [0.25, 0.3) is 0 Å². The van der Waals surface area contributed by atoms with Crippen LogP contribution in [0.25, 0.3) is 0 Å². The summed E-state index contributed by atoms with van der Waals surface area (Å²) in [6.45, 7) is 5.45. The van der Waals surface area contributed by atoms with Crippen molar-refractivity contribution in [1.82, 2.24) is 18.9 Å². The number of imidazole rings is 1. The number of nitrogens with zero attached hydrogens (tertiary/aromatic N) is 4. The molecule has 6 heteroatoms. The number of aryl methyl sites for hydroxylation is 2. The lowest BCUT2D eigenvalue weighted by Crippen LogP contribution is -2.25. The van der Waals surface area contributed by atoms with Crippen LogP contribution in [0.15, 0.2) is 29.5 Å². The zero-order valence-corrected chi connectivity index (χ0v) is 10.8. The van der Waals surface area contributed by atoms with Crippen molar-refractivity contribution in [2.75, 3.05) is 5.73 Å². The first-order chi connectivity index (χ1) is 8.58. The molecule has 0 aromatic carbocycles. The van der Waals surface area contributed by atoms with Crippen LogP contribution in [0.4, 0.5) is 5.82 Å². The Kier molecular flexibility index (Phi) is 3.55. The molecule has 2 N–H and O–H groups in total. The van der Waals surface area contributed by atoms with Gasteiger partial charge in [-0.3, -0.25) is 13.8 Å². The van der Waals surface area contributed by atoms with Crippen molar-refractivity contribution in [2.45, 2.75) is 39.4 Å². The van der Waals surface area contributed by atoms with E-state index in [1.807, 2.05) is 32.4 Å². The number of hydrogen-bond acceptors (Lipinski definition) is 3. The highest BCUT2D eigenvalue weighted by atomic mass is 16.1. The molecule has 98 valence electrons. The molecule has 0 aliphatic rings. The van der Waals surface area contributed by atoms with E-state index in [1.54, 1.807) is 19.9 Å². The maximum absolute atomic E-state index is 11.9. The lowest BCUT2D eigenvalue weighted by Gasteiger charge is -2.05. The summed E-state index contributed by atoms with van der Waals surface area (Å²) in [6.07, 6.45) is 6.36. The Balaban J connectivity index is 1.93. The fourth-order valence-electron chi connectivity index (χ4n) is 1.90. The van der Waals surface area contributed by atoms with Crippen molar-refractivity contribution in [1.29, 1.82) is 0 Å². The molecule has 0 fully saturated rings. The topological polar surface area (TPSA) is 70.8 Å². The van der Waals surface area contributed by atoms with Crippen LogP contribution in [0, 0.1) is 0 Å². The van der Waals surface area contributed by atoms with Crippen molar-refractivity contribution in [3.63, 3.8) is 0 Å². The van der Waals surface area contributed by atoms with E-state index in [1.165, 1.54) is 0 Å². The van der Waals surface area contributed by atoms with Crippen LogP contribution in [0.1, 0.15) is 26.3 Å². The molecule has 6 nitrogen and oxygen atoms in total. The lowest BCUT2D eigenvalue weighted by molar-refractivity contribution is 0.502. The minimum atomic E-state index is 0.0463. The fraction of sp³-hybridized carbons (Fsp3) is 0.500. The van der Waals surface area contributed by atoms with Crippen LogP contribution >= 0.6 is 0 Å². The highest BCUT2D eigenvalue weighted by Crippen LogP contribution is 2.01. The van der Waals surface area contributed by atoms with E-state index in [9.17, 15) is 4.79 Å². The second kappa shape index (κ2) is 5.12. The Labute approximate surface area is 106 Å². The Hall–Kier alpha value is -1.98. The molecule has 0 bridgehead atoms. The number of nitrogens with two attached hydrogens (primary N) is 1. The Bertz CT molecular complexity index is 563. The number of aromatic nitrogens is 4.